The van der Waals surface area contributed by atoms with Gasteiger partial charge in [-0.2, -0.15) is 0 Å². The van der Waals surface area contributed by atoms with Crippen LogP contribution in [0.25, 0.3) is 0 Å². The van der Waals surface area contributed by atoms with Gasteiger partial charge in [-0.25, -0.2) is 0 Å². The number of carbonyl (C=O) groups is 1. The highest BCUT2D eigenvalue weighted by Crippen LogP contribution is 2.27. The predicted molar refractivity (Wildman–Crippen MR) is 105 cm³/mol. The van der Waals surface area contributed by atoms with Crippen molar-refractivity contribution in [2.75, 3.05) is 19.5 Å². The topological polar surface area (TPSA) is 72.5 Å². The summed E-state index contributed by atoms with van der Waals surface area (Å²) in [7, 11) is 3.24. The van der Waals surface area contributed by atoms with E-state index in [4.69, 9.17) is 9.47 Å². The molecule has 1 saturated carbocycles. The molecule has 2 N–H and O–H groups in total. The highest BCUT2D eigenvalue weighted by atomic mass is 16.5. The van der Waals surface area contributed by atoms with Crippen LogP contribution in [0.15, 0.2) is 36.5 Å². The van der Waals surface area contributed by atoms with Gasteiger partial charge in [-0.3, -0.25) is 9.78 Å². The van der Waals surface area contributed by atoms with Crippen molar-refractivity contribution in [3.63, 3.8) is 0 Å². The Morgan fingerprint density at radius 1 is 1.07 bits per heavy atom. The van der Waals surface area contributed by atoms with Crippen LogP contribution in [0, 0.1) is 0 Å². The van der Waals surface area contributed by atoms with Crippen molar-refractivity contribution in [3.05, 3.63) is 47.8 Å². The van der Waals surface area contributed by atoms with E-state index in [1.807, 2.05) is 24.3 Å². The van der Waals surface area contributed by atoms with Gasteiger partial charge in [-0.15, -0.1) is 0 Å². The molecule has 1 aromatic carbocycles. The van der Waals surface area contributed by atoms with E-state index in [-0.39, 0.29) is 11.9 Å². The van der Waals surface area contributed by atoms with E-state index in [0.717, 1.165) is 24.1 Å². The lowest BCUT2D eigenvalue weighted by Gasteiger charge is -2.22. The Balaban J connectivity index is 1.61. The molecule has 1 fully saturated rings. The number of ether oxygens (including phenoxy) is 2. The van der Waals surface area contributed by atoms with Crippen molar-refractivity contribution in [2.45, 2.75) is 44.7 Å². The highest BCUT2D eigenvalue weighted by molar-refractivity contribution is 5.93. The zero-order valence-electron chi connectivity index (χ0n) is 16.0. The van der Waals surface area contributed by atoms with E-state index in [9.17, 15) is 4.79 Å². The second kappa shape index (κ2) is 9.26. The summed E-state index contributed by atoms with van der Waals surface area (Å²) in [6, 6.07) is 9.72. The van der Waals surface area contributed by atoms with E-state index >= 15 is 0 Å². The number of amides is 1. The zero-order valence-corrected chi connectivity index (χ0v) is 16.0. The Morgan fingerprint density at radius 3 is 2.59 bits per heavy atom. The molecule has 0 atom stereocenters. The second-order valence-electron chi connectivity index (χ2n) is 6.78. The number of methoxy groups -OCH3 is 2. The van der Waals surface area contributed by atoms with Gasteiger partial charge in [0.25, 0.3) is 5.91 Å². The number of pyridine rings is 1. The Labute approximate surface area is 160 Å². The molecule has 0 unspecified atom stereocenters. The largest absolute Gasteiger partial charge is 0.493 e. The van der Waals surface area contributed by atoms with E-state index in [1.54, 1.807) is 26.5 Å². The van der Waals surface area contributed by atoms with Crippen LogP contribution in [-0.4, -0.2) is 31.2 Å². The zero-order chi connectivity index (χ0) is 19.1. The summed E-state index contributed by atoms with van der Waals surface area (Å²) in [6.45, 7) is 0.605. The van der Waals surface area contributed by atoms with Gasteiger partial charge in [0.1, 0.15) is 5.69 Å². The average molecular weight is 369 g/mol. The monoisotopic (exact) mass is 369 g/mol. The lowest BCUT2D eigenvalue weighted by Crippen LogP contribution is -2.36. The number of carbonyl (C=O) groups excluding carboxylic acids is 1. The first-order valence-corrected chi connectivity index (χ1v) is 9.41. The summed E-state index contributed by atoms with van der Waals surface area (Å²) in [5, 5.41) is 6.44. The SMILES string of the molecule is COc1ccc(CNc2ccnc(C(=O)NC3CCCCC3)c2)cc1OC. The number of aromatic nitrogens is 1. The molecule has 1 aromatic heterocycles. The summed E-state index contributed by atoms with van der Waals surface area (Å²) in [4.78, 5) is 16.7. The van der Waals surface area contributed by atoms with E-state index < -0.39 is 0 Å². The molecule has 0 saturated heterocycles. The highest BCUT2D eigenvalue weighted by Gasteiger charge is 2.17. The van der Waals surface area contributed by atoms with Crippen molar-refractivity contribution >= 4 is 11.6 Å². The number of hydrogen-bond acceptors (Lipinski definition) is 5. The summed E-state index contributed by atoms with van der Waals surface area (Å²) >= 11 is 0. The summed E-state index contributed by atoms with van der Waals surface area (Å²) < 4.78 is 10.6. The molecule has 6 nitrogen and oxygen atoms in total. The molecule has 1 aliphatic rings. The summed E-state index contributed by atoms with van der Waals surface area (Å²) in [5.41, 5.74) is 2.35. The standard InChI is InChI=1S/C21H27N3O3/c1-26-19-9-8-15(12-20(19)27-2)14-23-17-10-11-22-18(13-17)21(25)24-16-6-4-3-5-7-16/h8-13,16H,3-7,14H2,1-2H3,(H,22,23)(H,24,25). The summed E-state index contributed by atoms with van der Waals surface area (Å²) in [5.74, 6) is 1.29. The quantitative estimate of drug-likeness (QED) is 0.777. The molecule has 2 aromatic rings. The number of benzene rings is 1. The lowest BCUT2D eigenvalue weighted by molar-refractivity contribution is 0.0922. The Kier molecular flexibility index (Phi) is 6.52. The molecule has 0 spiro atoms. The third kappa shape index (κ3) is 5.12. The minimum absolute atomic E-state index is 0.100. The Bertz CT molecular complexity index is 773. The first-order valence-electron chi connectivity index (χ1n) is 9.41. The maximum atomic E-state index is 12.5. The smallest absolute Gasteiger partial charge is 0.270 e. The van der Waals surface area contributed by atoms with E-state index in [2.05, 4.69) is 15.6 Å². The third-order valence-electron chi connectivity index (χ3n) is 4.88. The van der Waals surface area contributed by atoms with Crippen molar-refractivity contribution in [1.82, 2.24) is 10.3 Å². The second-order valence-corrected chi connectivity index (χ2v) is 6.78. The molecule has 27 heavy (non-hydrogen) atoms. The van der Waals surface area contributed by atoms with Crippen molar-refractivity contribution in [2.24, 2.45) is 0 Å². The maximum absolute atomic E-state index is 12.5. The fourth-order valence-corrected chi connectivity index (χ4v) is 3.37. The van der Waals surface area contributed by atoms with Gasteiger partial charge in [0.15, 0.2) is 11.5 Å². The van der Waals surface area contributed by atoms with Crippen molar-refractivity contribution < 1.29 is 14.3 Å². The predicted octanol–water partition coefficient (Wildman–Crippen LogP) is 3.77. The molecular weight excluding hydrogens is 342 g/mol. The molecule has 1 aliphatic carbocycles. The van der Waals surface area contributed by atoms with Gasteiger partial charge < -0.3 is 20.1 Å². The molecule has 1 heterocycles. The number of rotatable bonds is 7. The number of hydrogen-bond donors (Lipinski definition) is 2. The molecule has 144 valence electrons. The maximum Gasteiger partial charge on any atom is 0.270 e. The minimum atomic E-state index is -0.100. The number of nitrogens with one attached hydrogen (secondary N) is 2. The van der Waals surface area contributed by atoms with Crippen LogP contribution in [0.1, 0.15) is 48.2 Å². The van der Waals surface area contributed by atoms with Crippen molar-refractivity contribution in [1.29, 1.82) is 0 Å². The van der Waals surface area contributed by atoms with Crippen LogP contribution in [-0.2, 0) is 6.54 Å². The normalized spacial score (nSPS) is 14.4. The van der Waals surface area contributed by atoms with Crippen LogP contribution in [0.3, 0.4) is 0 Å². The third-order valence-corrected chi connectivity index (χ3v) is 4.88. The fraction of sp³-hybridized carbons (Fsp3) is 0.429. The first kappa shape index (κ1) is 19.0. The summed E-state index contributed by atoms with van der Waals surface area (Å²) in [6.07, 6.45) is 7.41. The average Bonchev–Trinajstić information content (AvgIpc) is 2.73. The van der Waals surface area contributed by atoms with Gasteiger partial charge in [-0.1, -0.05) is 25.3 Å². The molecule has 0 bridgehead atoms. The Hall–Kier alpha value is -2.76. The molecule has 1 amide bonds. The van der Waals surface area contributed by atoms with Crippen LogP contribution in [0.4, 0.5) is 5.69 Å². The van der Waals surface area contributed by atoms with Crippen LogP contribution in [0.5, 0.6) is 11.5 Å². The first-order chi connectivity index (χ1) is 13.2. The van der Waals surface area contributed by atoms with Gasteiger partial charge >= 0.3 is 0 Å². The minimum Gasteiger partial charge on any atom is -0.493 e. The van der Waals surface area contributed by atoms with Crippen LogP contribution in [0.2, 0.25) is 0 Å². The van der Waals surface area contributed by atoms with Gasteiger partial charge in [0, 0.05) is 24.5 Å². The van der Waals surface area contributed by atoms with Gasteiger partial charge in [0.05, 0.1) is 14.2 Å². The Morgan fingerprint density at radius 2 is 1.85 bits per heavy atom. The lowest BCUT2D eigenvalue weighted by atomic mass is 9.95. The van der Waals surface area contributed by atoms with Gasteiger partial charge in [-0.05, 0) is 42.7 Å². The fourth-order valence-electron chi connectivity index (χ4n) is 3.37. The molecule has 0 radical (unpaired) electrons. The number of anilines is 1. The van der Waals surface area contributed by atoms with Crippen molar-refractivity contribution in [3.8, 4) is 11.5 Å². The molecule has 6 heteroatoms. The molecular formula is C21H27N3O3. The van der Waals surface area contributed by atoms with Crippen LogP contribution < -0.4 is 20.1 Å². The number of nitrogens with zero attached hydrogens (tertiary/aromatic N) is 1. The van der Waals surface area contributed by atoms with E-state index in [1.165, 1.54) is 19.3 Å². The molecule has 3 rings (SSSR count). The molecule has 0 aliphatic heterocycles. The van der Waals surface area contributed by atoms with E-state index in [0.29, 0.717) is 23.7 Å². The van der Waals surface area contributed by atoms with Gasteiger partial charge in [0.2, 0.25) is 0 Å². The van der Waals surface area contributed by atoms with Crippen LogP contribution >= 0.6 is 0 Å².